The molecule has 0 aromatic heterocycles. The number of carbonyl (C=O) groups excluding carboxylic acids is 1. The van der Waals surface area contributed by atoms with Crippen molar-refractivity contribution in [1.82, 2.24) is 4.90 Å². The van der Waals surface area contributed by atoms with Crippen LogP contribution in [-0.4, -0.2) is 46.7 Å². The van der Waals surface area contributed by atoms with Crippen molar-refractivity contribution in [2.45, 2.75) is 65.6 Å². The van der Waals surface area contributed by atoms with Crippen LogP contribution >= 0.6 is 0 Å². The van der Waals surface area contributed by atoms with Gasteiger partial charge in [-0.2, -0.15) is 0 Å². The van der Waals surface area contributed by atoms with Gasteiger partial charge in [-0.05, 0) is 45.4 Å². The van der Waals surface area contributed by atoms with E-state index >= 15 is 0 Å². The molecule has 0 aromatic carbocycles. The van der Waals surface area contributed by atoms with Gasteiger partial charge in [0.1, 0.15) is 11.5 Å². The van der Waals surface area contributed by atoms with Crippen molar-refractivity contribution in [2.75, 3.05) is 13.1 Å². The topological polar surface area (TPSA) is 66.8 Å². The lowest BCUT2D eigenvalue weighted by Crippen LogP contribution is -2.40. The summed E-state index contributed by atoms with van der Waals surface area (Å²) in [5.74, 6) is -2.36. The highest BCUT2D eigenvalue weighted by molar-refractivity contribution is 5.90. The molecule has 2 bridgehead atoms. The number of ether oxygens (including phenoxy) is 1. The second-order valence-electron chi connectivity index (χ2n) is 9.67. The summed E-state index contributed by atoms with van der Waals surface area (Å²) in [4.78, 5) is 26.5. The summed E-state index contributed by atoms with van der Waals surface area (Å²) < 4.78 is 5.96. The Morgan fingerprint density at radius 1 is 1.36 bits per heavy atom. The highest BCUT2D eigenvalue weighted by atomic mass is 16.5. The van der Waals surface area contributed by atoms with Crippen molar-refractivity contribution >= 4 is 11.9 Å². The van der Waals surface area contributed by atoms with Gasteiger partial charge < -0.3 is 14.7 Å². The van der Waals surface area contributed by atoms with E-state index in [1.165, 1.54) is 11.1 Å². The number of amides is 1. The Hall–Kier alpha value is -1.88. The first-order chi connectivity index (χ1) is 13.0. The molecule has 3 aliphatic rings. The number of carboxylic acid groups (broad SMARTS) is 1. The molecule has 0 radical (unpaired) electrons. The van der Waals surface area contributed by atoms with Gasteiger partial charge in [-0.3, -0.25) is 9.59 Å². The Kier molecular flexibility index (Phi) is 5.59. The second kappa shape index (κ2) is 7.51. The van der Waals surface area contributed by atoms with Crippen molar-refractivity contribution in [1.29, 1.82) is 0 Å². The molecule has 3 rings (SSSR count). The third kappa shape index (κ3) is 3.95. The van der Waals surface area contributed by atoms with Gasteiger partial charge in [-0.25, -0.2) is 0 Å². The minimum Gasteiger partial charge on any atom is -0.481 e. The standard InChI is InChI=1S/C23H33NO4/c1-15(2)7-6-8-16(3)9-11-22(4,5)13-24-14-23-12-10-17(28-23)18(21(26)27)19(23)20(24)25/h7,9-10,12,17-19H,6,8,11,13-14H2,1-5H3,(H,26,27)/b16-9+/t17-,18-,19+,23-/m0/s1. The van der Waals surface area contributed by atoms with Crippen LogP contribution in [0.5, 0.6) is 0 Å². The van der Waals surface area contributed by atoms with Crippen molar-refractivity contribution < 1.29 is 19.4 Å². The first-order valence-corrected chi connectivity index (χ1v) is 10.2. The number of aliphatic carboxylic acids is 1. The Bertz CT molecular complexity index is 744. The third-order valence-electron chi connectivity index (χ3n) is 6.18. The number of carbonyl (C=O) groups is 2. The quantitative estimate of drug-likeness (QED) is 0.640. The van der Waals surface area contributed by atoms with E-state index in [1.54, 1.807) is 0 Å². The van der Waals surface area contributed by atoms with E-state index in [9.17, 15) is 14.7 Å². The number of nitrogens with zero attached hydrogens (tertiary/aromatic N) is 1. The Morgan fingerprint density at radius 3 is 2.71 bits per heavy atom. The molecular weight excluding hydrogens is 354 g/mol. The average molecular weight is 388 g/mol. The molecule has 5 heteroatoms. The number of rotatable bonds is 8. The number of carboxylic acids is 1. The van der Waals surface area contributed by atoms with Gasteiger partial charge in [-0.15, -0.1) is 0 Å². The Labute approximate surface area is 168 Å². The molecule has 0 saturated carbocycles. The number of allylic oxidation sites excluding steroid dienone is 4. The summed E-state index contributed by atoms with van der Waals surface area (Å²) in [6, 6.07) is 0. The van der Waals surface area contributed by atoms with Gasteiger partial charge in [-0.1, -0.05) is 49.3 Å². The second-order valence-corrected chi connectivity index (χ2v) is 9.67. The molecule has 1 N–H and O–H groups in total. The van der Waals surface area contributed by atoms with E-state index in [0.29, 0.717) is 13.1 Å². The number of fused-ring (bicyclic) bond motifs is 1. The van der Waals surface area contributed by atoms with Crippen molar-refractivity contribution in [2.24, 2.45) is 17.3 Å². The summed E-state index contributed by atoms with van der Waals surface area (Å²) in [6.45, 7) is 11.8. The lowest BCUT2D eigenvalue weighted by molar-refractivity contribution is -0.148. The lowest BCUT2D eigenvalue weighted by Gasteiger charge is -2.31. The number of hydrogen-bond acceptors (Lipinski definition) is 3. The van der Waals surface area contributed by atoms with Crippen LogP contribution in [0.1, 0.15) is 53.9 Å². The zero-order valence-corrected chi connectivity index (χ0v) is 17.7. The molecule has 5 nitrogen and oxygen atoms in total. The fraction of sp³-hybridized carbons (Fsp3) is 0.652. The smallest absolute Gasteiger partial charge is 0.310 e. The van der Waals surface area contributed by atoms with E-state index in [4.69, 9.17) is 4.74 Å². The zero-order valence-electron chi connectivity index (χ0n) is 17.7. The normalized spacial score (nSPS) is 31.5. The minimum absolute atomic E-state index is 0.0726. The number of likely N-dealkylation sites (tertiary alicyclic amines) is 1. The summed E-state index contributed by atoms with van der Waals surface area (Å²) in [6.07, 6.45) is 10.8. The van der Waals surface area contributed by atoms with E-state index in [-0.39, 0.29) is 11.3 Å². The Balaban J connectivity index is 1.62. The van der Waals surface area contributed by atoms with Gasteiger partial charge in [0, 0.05) is 6.54 Å². The van der Waals surface area contributed by atoms with Crippen LogP contribution in [0.4, 0.5) is 0 Å². The van der Waals surface area contributed by atoms with Crippen LogP contribution < -0.4 is 0 Å². The maximum atomic E-state index is 13.0. The molecule has 2 saturated heterocycles. The van der Waals surface area contributed by atoms with Crippen LogP contribution in [0.15, 0.2) is 35.5 Å². The molecule has 3 aliphatic heterocycles. The summed E-state index contributed by atoms with van der Waals surface area (Å²) in [5.41, 5.74) is 1.89. The van der Waals surface area contributed by atoms with Crippen molar-refractivity contribution in [3.8, 4) is 0 Å². The highest BCUT2D eigenvalue weighted by Crippen LogP contribution is 2.52. The molecule has 0 unspecified atom stereocenters. The van der Waals surface area contributed by atoms with Gasteiger partial charge >= 0.3 is 5.97 Å². The fourth-order valence-electron chi connectivity index (χ4n) is 4.72. The molecular formula is C23H33NO4. The highest BCUT2D eigenvalue weighted by Gasteiger charge is 2.67. The summed E-state index contributed by atoms with van der Waals surface area (Å²) in [5, 5.41) is 9.57. The van der Waals surface area contributed by atoms with Gasteiger partial charge in [0.15, 0.2) is 0 Å². The summed E-state index contributed by atoms with van der Waals surface area (Å²) in [7, 11) is 0. The van der Waals surface area contributed by atoms with Gasteiger partial charge in [0.05, 0.1) is 18.6 Å². The fourth-order valence-corrected chi connectivity index (χ4v) is 4.72. The zero-order chi connectivity index (χ0) is 20.7. The molecule has 2 fully saturated rings. The van der Waals surface area contributed by atoms with Crippen molar-refractivity contribution in [3.63, 3.8) is 0 Å². The average Bonchev–Trinajstić information content (AvgIpc) is 3.21. The predicted octanol–water partition coefficient (Wildman–Crippen LogP) is 3.96. The molecule has 1 spiro atoms. The molecule has 1 amide bonds. The van der Waals surface area contributed by atoms with Gasteiger partial charge in [0.2, 0.25) is 5.91 Å². The maximum Gasteiger partial charge on any atom is 0.310 e. The molecule has 4 atom stereocenters. The van der Waals surface area contributed by atoms with Crippen LogP contribution in [0.3, 0.4) is 0 Å². The monoisotopic (exact) mass is 387 g/mol. The first-order valence-electron chi connectivity index (χ1n) is 10.2. The maximum absolute atomic E-state index is 13.0. The van der Waals surface area contributed by atoms with E-state index in [1.807, 2.05) is 17.1 Å². The molecule has 28 heavy (non-hydrogen) atoms. The van der Waals surface area contributed by atoms with Crippen LogP contribution in [-0.2, 0) is 14.3 Å². The van der Waals surface area contributed by atoms with Crippen molar-refractivity contribution in [3.05, 3.63) is 35.5 Å². The molecule has 0 aliphatic carbocycles. The SMILES string of the molecule is CC(C)=CCC/C(C)=C/CC(C)(C)CN1C[C@]23C=C[C@H](O2)[C@H](C(=O)O)[C@@H]3C1=O. The Morgan fingerprint density at radius 2 is 2.07 bits per heavy atom. The molecule has 154 valence electrons. The molecule has 3 heterocycles. The first kappa shape index (κ1) is 20.8. The lowest BCUT2D eigenvalue weighted by atomic mass is 9.77. The molecule has 0 aromatic rings. The van der Waals surface area contributed by atoms with E-state index < -0.39 is 29.5 Å². The van der Waals surface area contributed by atoms with Crippen LogP contribution in [0, 0.1) is 17.3 Å². The van der Waals surface area contributed by atoms with Gasteiger partial charge in [0.25, 0.3) is 0 Å². The largest absolute Gasteiger partial charge is 0.481 e. The minimum atomic E-state index is -0.939. The third-order valence-corrected chi connectivity index (χ3v) is 6.18. The van der Waals surface area contributed by atoms with Crippen LogP contribution in [0.25, 0.3) is 0 Å². The predicted molar refractivity (Wildman–Crippen MR) is 109 cm³/mol. The van der Waals surface area contributed by atoms with Crippen LogP contribution in [0.2, 0.25) is 0 Å². The van der Waals surface area contributed by atoms with E-state index in [2.05, 4.69) is 46.8 Å². The number of hydrogen-bond donors (Lipinski definition) is 1. The van der Waals surface area contributed by atoms with E-state index in [0.717, 1.165) is 19.3 Å². The summed E-state index contributed by atoms with van der Waals surface area (Å²) >= 11 is 0.